The van der Waals surface area contributed by atoms with Crippen molar-refractivity contribution in [2.75, 3.05) is 5.73 Å². The summed E-state index contributed by atoms with van der Waals surface area (Å²) in [7, 11) is 0. The number of anilines is 1. The lowest BCUT2D eigenvalue weighted by atomic mass is 10.3. The van der Waals surface area contributed by atoms with Crippen molar-refractivity contribution >= 4 is 11.3 Å². The fourth-order valence-corrected chi connectivity index (χ4v) is 1.16. The fourth-order valence-electron chi connectivity index (χ4n) is 1.16. The van der Waals surface area contributed by atoms with Gasteiger partial charge >= 0.3 is 6.18 Å². The Kier molecular flexibility index (Phi) is 1.63. The van der Waals surface area contributed by atoms with Crippen LogP contribution in [0.15, 0.2) is 18.5 Å². The molecule has 0 saturated heterocycles. The molecule has 2 aromatic heterocycles. The van der Waals surface area contributed by atoms with E-state index in [-0.39, 0.29) is 11.3 Å². The molecule has 0 fully saturated rings. The molecule has 2 N–H and O–H groups in total. The molecule has 2 rings (SSSR count). The van der Waals surface area contributed by atoms with Gasteiger partial charge < -0.3 is 5.73 Å². The highest BCUT2D eigenvalue weighted by atomic mass is 19.4. The predicted octanol–water partition coefficient (Wildman–Crippen LogP) is 1.33. The van der Waals surface area contributed by atoms with Gasteiger partial charge in [-0.25, -0.2) is 0 Å². The molecule has 0 aliphatic carbocycles. The summed E-state index contributed by atoms with van der Waals surface area (Å²) in [6.45, 7) is 0. The lowest BCUT2D eigenvalue weighted by Gasteiger charge is -2.09. The molecule has 0 spiro atoms. The molecule has 0 aliphatic heterocycles. The molecular weight excluding hydrogens is 197 g/mol. The van der Waals surface area contributed by atoms with E-state index in [9.17, 15) is 13.2 Å². The molecule has 0 aliphatic rings. The molecule has 2 heterocycles. The summed E-state index contributed by atoms with van der Waals surface area (Å²) in [6, 6.07) is 2.05. The number of rotatable bonds is 0. The van der Waals surface area contributed by atoms with Crippen LogP contribution in [0.5, 0.6) is 0 Å². The van der Waals surface area contributed by atoms with E-state index in [0.29, 0.717) is 0 Å². The monoisotopic (exact) mass is 202 g/mol. The van der Waals surface area contributed by atoms with E-state index in [1.807, 2.05) is 0 Å². The van der Waals surface area contributed by atoms with Crippen LogP contribution in [-0.4, -0.2) is 14.6 Å². The molecule has 0 radical (unpaired) electrons. The van der Waals surface area contributed by atoms with Crippen molar-refractivity contribution < 1.29 is 13.2 Å². The van der Waals surface area contributed by atoms with Crippen molar-refractivity contribution in [1.82, 2.24) is 14.6 Å². The van der Waals surface area contributed by atoms with Crippen molar-refractivity contribution in [1.29, 1.82) is 0 Å². The van der Waals surface area contributed by atoms with Crippen LogP contribution in [0.25, 0.3) is 5.65 Å². The molecule has 7 heteroatoms. The Labute approximate surface area is 76.2 Å². The van der Waals surface area contributed by atoms with Gasteiger partial charge in [-0.2, -0.15) is 13.2 Å². The van der Waals surface area contributed by atoms with Gasteiger partial charge in [-0.1, -0.05) is 0 Å². The van der Waals surface area contributed by atoms with E-state index < -0.39 is 11.9 Å². The van der Waals surface area contributed by atoms with Crippen molar-refractivity contribution in [3.05, 3.63) is 24.2 Å². The minimum atomic E-state index is -4.44. The molecule has 14 heavy (non-hydrogen) atoms. The highest BCUT2D eigenvalue weighted by Gasteiger charge is 2.33. The maximum atomic E-state index is 12.4. The van der Waals surface area contributed by atoms with Gasteiger partial charge in [0.25, 0.3) is 0 Å². The first-order valence-electron chi connectivity index (χ1n) is 3.65. The third-order valence-corrected chi connectivity index (χ3v) is 1.78. The van der Waals surface area contributed by atoms with Crippen molar-refractivity contribution in [3.63, 3.8) is 0 Å². The maximum Gasteiger partial charge on any atom is 0.431 e. The van der Waals surface area contributed by atoms with Gasteiger partial charge in [0.15, 0.2) is 5.65 Å². The van der Waals surface area contributed by atoms with Gasteiger partial charge in [0.1, 0.15) is 12.0 Å². The SMILES string of the molecule is Nc1ccc(C(F)(F)F)n2cnnc12. The van der Waals surface area contributed by atoms with Crippen LogP contribution in [0, 0.1) is 0 Å². The van der Waals surface area contributed by atoms with Crippen molar-refractivity contribution in [2.24, 2.45) is 0 Å². The standard InChI is InChI=1S/C7H5F3N4/c8-7(9,10)5-2-1-4(11)6-13-12-3-14(5)6/h1-3H,11H2. The summed E-state index contributed by atoms with van der Waals surface area (Å²) in [5.74, 6) is 0. The van der Waals surface area contributed by atoms with E-state index in [0.717, 1.165) is 22.9 Å². The molecule has 0 bridgehead atoms. The summed E-state index contributed by atoms with van der Waals surface area (Å²) in [5, 5.41) is 6.85. The smallest absolute Gasteiger partial charge is 0.396 e. The molecule has 4 nitrogen and oxygen atoms in total. The Morgan fingerprint density at radius 1 is 1.29 bits per heavy atom. The van der Waals surface area contributed by atoms with Crippen LogP contribution in [0.3, 0.4) is 0 Å². The number of nitrogens with zero attached hydrogens (tertiary/aromatic N) is 3. The van der Waals surface area contributed by atoms with Gasteiger partial charge in [0.2, 0.25) is 0 Å². The Morgan fingerprint density at radius 2 is 2.00 bits per heavy atom. The molecule has 0 unspecified atom stereocenters. The normalized spacial score (nSPS) is 12.2. The van der Waals surface area contributed by atoms with Crippen LogP contribution >= 0.6 is 0 Å². The molecule has 0 amide bonds. The highest BCUT2D eigenvalue weighted by Crippen LogP contribution is 2.30. The minimum absolute atomic E-state index is 0.0137. The molecule has 0 saturated carbocycles. The number of nitrogens with two attached hydrogens (primary N) is 1. The molecule has 0 atom stereocenters. The largest absolute Gasteiger partial charge is 0.431 e. The van der Waals surface area contributed by atoms with E-state index in [2.05, 4.69) is 10.2 Å². The quantitative estimate of drug-likeness (QED) is 0.701. The number of halogens is 3. The number of aromatic nitrogens is 3. The zero-order chi connectivity index (χ0) is 10.3. The van der Waals surface area contributed by atoms with Gasteiger partial charge in [-0.3, -0.25) is 4.40 Å². The van der Waals surface area contributed by atoms with Crippen LogP contribution in [0.1, 0.15) is 5.69 Å². The zero-order valence-corrected chi connectivity index (χ0v) is 6.78. The lowest BCUT2D eigenvalue weighted by molar-refractivity contribution is -0.142. The first-order chi connectivity index (χ1) is 6.50. The zero-order valence-electron chi connectivity index (χ0n) is 6.78. The third kappa shape index (κ3) is 1.17. The van der Waals surface area contributed by atoms with Gasteiger partial charge in [0.05, 0.1) is 5.69 Å². The van der Waals surface area contributed by atoms with Crippen molar-refractivity contribution in [3.8, 4) is 0 Å². The number of pyridine rings is 1. The van der Waals surface area contributed by atoms with Gasteiger partial charge in [-0.15, -0.1) is 10.2 Å². The third-order valence-electron chi connectivity index (χ3n) is 1.78. The Bertz CT molecular complexity index is 473. The van der Waals surface area contributed by atoms with E-state index >= 15 is 0 Å². The molecular formula is C7H5F3N4. The average molecular weight is 202 g/mol. The Hall–Kier alpha value is -1.79. The van der Waals surface area contributed by atoms with Gasteiger partial charge in [-0.05, 0) is 12.1 Å². The Morgan fingerprint density at radius 3 is 2.64 bits per heavy atom. The first kappa shape index (κ1) is 8.79. The second-order valence-electron chi connectivity index (χ2n) is 2.70. The number of alkyl halides is 3. The number of nitrogen functional groups attached to an aromatic ring is 1. The number of fused-ring (bicyclic) bond motifs is 1. The topological polar surface area (TPSA) is 56.2 Å². The minimum Gasteiger partial charge on any atom is -0.396 e. The van der Waals surface area contributed by atoms with Crippen LogP contribution in [0.4, 0.5) is 18.9 Å². The second kappa shape index (κ2) is 2.60. The van der Waals surface area contributed by atoms with Crippen LogP contribution in [-0.2, 0) is 6.18 Å². The molecule has 0 aromatic carbocycles. The van der Waals surface area contributed by atoms with E-state index in [1.54, 1.807) is 0 Å². The summed E-state index contributed by atoms with van der Waals surface area (Å²) >= 11 is 0. The number of hydrogen-bond acceptors (Lipinski definition) is 3. The number of hydrogen-bond donors (Lipinski definition) is 1. The second-order valence-corrected chi connectivity index (χ2v) is 2.70. The Balaban J connectivity index is 2.80. The summed E-state index contributed by atoms with van der Waals surface area (Å²) in [6.07, 6.45) is -3.46. The summed E-state index contributed by atoms with van der Waals surface area (Å²) < 4.78 is 38.0. The first-order valence-corrected chi connectivity index (χ1v) is 3.65. The highest BCUT2D eigenvalue weighted by molar-refractivity contribution is 5.64. The molecule has 74 valence electrons. The van der Waals surface area contributed by atoms with Crippen LogP contribution in [0.2, 0.25) is 0 Å². The van der Waals surface area contributed by atoms with Crippen LogP contribution < -0.4 is 5.73 Å². The summed E-state index contributed by atoms with van der Waals surface area (Å²) in [4.78, 5) is 0. The van der Waals surface area contributed by atoms with E-state index in [4.69, 9.17) is 5.73 Å². The average Bonchev–Trinajstić information content (AvgIpc) is 2.50. The fraction of sp³-hybridized carbons (Fsp3) is 0.143. The molecule has 2 aromatic rings. The van der Waals surface area contributed by atoms with Gasteiger partial charge in [0, 0.05) is 0 Å². The lowest BCUT2D eigenvalue weighted by Crippen LogP contribution is -2.11. The summed E-state index contributed by atoms with van der Waals surface area (Å²) in [5.41, 5.74) is 4.76. The van der Waals surface area contributed by atoms with Crippen molar-refractivity contribution in [2.45, 2.75) is 6.18 Å². The predicted molar refractivity (Wildman–Crippen MR) is 42.4 cm³/mol. The maximum absolute atomic E-state index is 12.4. The van der Waals surface area contributed by atoms with E-state index in [1.165, 1.54) is 0 Å².